The molecule has 3 heteroatoms. The summed E-state index contributed by atoms with van der Waals surface area (Å²) in [4.78, 5) is 0. The van der Waals surface area contributed by atoms with Gasteiger partial charge >= 0.3 is 0 Å². The van der Waals surface area contributed by atoms with E-state index in [-0.39, 0.29) is 6.23 Å². The third-order valence-electron chi connectivity index (χ3n) is 2.66. The summed E-state index contributed by atoms with van der Waals surface area (Å²) >= 11 is 0. The second-order valence-electron chi connectivity index (χ2n) is 3.45. The van der Waals surface area contributed by atoms with Gasteiger partial charge in [0.2, 0.25) is 0 Å². The molecule has 2 rings (SSSR count). The Morgan fingerprint density at radius 3 is 2.55 bits per heavy atom. The summed E-state index contributed by atoms with van der Waals surface area (Å²) in [5, 5.41) is 0. The Hall–Kier alpha value is -0.120. The molecule has 1 heterocycles. The zero-order chi connectivity index (χ0) is 7.52. The predicted molar refractivity (Wildman–Crippen MR) is 42.6 cm³/mol. The maximum atomic E-state index is 5.47. The molecule has 1 saturated carbocycles. The molecule has 1 aliphatic carbocycles. The van der Waals surface area contributed by atoms with E-state index in [0.717, 1.165) is 5.92 Å². The maximum absolute atomic E-state index is 5.47. The van der Waals surface area contributed by atoms with Crippen LogP contribution in [0.2, 0.25) is 0 Å². The second-order valence-corrected chi connectivity index (χ2v) is 3.45. The van der Waals surface area contributed by atoms with E-state index in [1.165, 1.54) is 32.1 Å². The number of rotatable bonds is 1. The first-order chi connectivity index (χ1) is 5.47. The van der Waals surface area contributed by atoms with Gasteiger partial charge in [-0.3, -0.25) is 0 Å². The Kier molecular flexibility index (Phi) is 2.41. The summed E-state index contributed by atoms with van der Waals surface area (Å²) in [5.74, 6) is 0.749. The average molecular weight is 156 g/mol. The topological polar surface area (TPSA) is 33.3 Å². The number of hydrogen-bond acceptors (Lipinski definition) is 3. The van der Waals surface area contributed by atoms with Gasteiger partial charge in [-0.2, -0.15) is 0 Å². The molecule has 2 aliphatic rings. The number of hydrogen-bond donors (Lipinski definition) is 2. The molecule has 0 aromatic rings. The van der Waals surface area contributed by atoms with Crippen molar-refractivity contribution < 1.29 is 4.74 Å². The van der Waals surface area contributed by atoms with Crippen LogP contribution in [-0.2, 0) is 4.74 Å². The van der Waals surface area contributed by atoms with Crippen molar-refractivity contribution in [3.05, 3.63) is 0 Å². The van der Waals surface area contributed by atoms with Gasteiger partial charge in [0.05, 0.1) is 0 Å². The molecule has 1 aliphatic heterocycles. The first kappa shape index (κ1) is 7.53. The minimum atomic E-state index is 0.287. The lowest BCUT2D eigenvalue weighted by Crippen LogP contribution is -2.37. The molecule has 11 heavy (non-hydrogen) atoms. The van der Waals surface area contributed by atoms with Crippen molar-refractivity contribution in [1.29, 1.82) is 0 Å². The molecule has 3 nitrogen and oxygen atoms in total. The van der Waals surface area contributed by atoms with Gasteiger partial charge in [-0.25, -0.2) is 10.9 Å². The fourth-order valence-corrected chi connectivity index (χ4v) is 2.01. The molecule has 2 N–H and O–H groups in total. The molecule has 0 radical (unpaired) electrons. The van der Waals surface area contributed by atoms with Crippen molar-refractivity contribution >= 4 is 0 Å². The Balaban J connectivity index is 1.82. The molecule has 1 saturated heterocycles. The van der Waals surface area contributed by atoms with Gasteiger partial charge in [0.15, 0.2) is 0 Å². The lowest BCUT2D eigenvalue weighted by Gasteiger charge is -2.25. The van der Waals surface area contributed by atoms with Gasteiger partial charge in [-0.05, 0) is 18.8 Å². The molecular formula is C8H16N2O. The highest BCUT2D eigenvalue weighted by Crippen LogP contribution is 2.27. The molecule has 1 atom stereocenters. The fourth-order valence-electron chi connectivity index (χ4n) is 2.01. The Morgan fingerprint density at radius 1 is 1.09 bits per heavy atom. The highest BCUT2D eigenvalue weighted by Gasteiger charge is 2.26. The summed E-state index contributed by atoms with van der Waals surface area (Å²) < 4.78 is 5.47. The molecular weight excluding hydrogens is 140 g/mol. The lowest BCUT2D eigenvalue weighted by atomic mass is 9.88. The molecule has 0 spiro atoms. The fraction of sp³-hybridized carbons (Fsp3) is 1.00. The van der Waals surface area contributed by atoms with Crippen LogP contribution < -0.4 is 10.9 Å². The van der Waals surface area contributed by atoms with E-state index in [9.17, 15) is 0 Å². The lowest BCUT2D eigenvalue weighted by molar-refractivity contribution is 0.0366. The molecule has 64 valence electrons. The van der Waals surface area contributed by atoms with E-state index in [4.69, 9.17) is 4.74 Å². The number of hydrazine groups is 1. The first-order valence-electron chi connectivity index (χ1n) is 4.57. The zero-order valence-electron chi connectivity index (χ0n) is 6.81. The predicted octanol–water partition coefficient (Wildman–Crippen LogP) is 0.975. The standard InChI is InChI=1S/C8H16N2O/c1-2-4-7(5-3-1)8-10-9-6-11-8/h7-10H,1-6H2. The minimum Gasteiger partial charge on any atom is -0.345 e. The van der Waals surface area contributed by atoms with Crippen LogP contribution in [0.15, 0.2) is 0 Å². The third-order valence-corrected chi connectivity index (χ3v) is 2.66. The van der Waals surface area contributed by atoms with E-state index >= 15 is 0 Å². The quantitative estimate of drug-likeness (QED) is 0.593. The van der Waals surface area contributed by atoms with E-state index in [1.807, 2.05) is 0 Å². The molecule has 0 aromatic heterocycles. The number of ether oxygens (including phenoxy) is 1. The summed E-state index contributed by atoms with van der Waals surface area (Å²) in [6, 6.07) is 0. The van der Waals surface area contributed by atoms with Crippen LogP contribution in [0.5, 0.6) is 0 Å². The van der Waals surface area contributed by atoms with Crippen molar-refractivity contribution in [3.8, 4) is 0 Å². The third kappa shape index (κ3) is 1.72. The average Bonchev–Trinajstić information content (AvgIpc) is 2.58. The van der Waals surface area contributed by atoms with E-state index < -0.39 is 0 Å². The smallest absolute Gasteiger partial charge is 0.125 e. The van der Waals surface area contributed by atoms with Crippen LogP contribution in [0.3, 0.4) is 0 Å². The van der Waals surface area contributed by atoms with Gasteiger partial charge in [0.1, 0.15) is 13.0 Å². The van der Waals surface area contributed by atoms with Crippen molar-refractivity contribution in [2.24, 2.45) is 5.92 Å². The SMILES string of the molecule is C1CCC(C2NNCO2)CC1. The Labute approximate surface area is 67.5 Å². The summed E-state index contributed by atoms with van der Waals surface area (Å²) in [6.07, 6.45) is 7.13. The number of nitrogens with one attached hydrogen (secondary N) is 2. The van der Waals surface area contributed by atoms with Crippen LogP contribution in [-0.4, -0.2) is 13.0 Å². The Morgan fingerprint density at radius 2 is 1.91 bits per heavy atom. The summed E-state index contributed by atoms with van der Waals surface area (Å²) in [7, 11) is 0. The maximum Gasteiger partial charge on any atom is 0.125 e. The van der Waals surface area contributed by atoms with Crippen molar-refractivity contribution in [2.45, 2.75) is 38.3 Å². The van der Waals surface area contributed by atoms with E-state index in [2.05, 4.69) is 10.9 Å². The van der Waals surface area contributed by atoms with Crippen molar-refractivity contribution in [2.75, 3.05) is 6.73 Å². The molecule has 0 amide bonds. The molecule has 0 bridgehead atoms. The summed E-state index contributed by atoms with van der Waals surface area (Å²) in [6.45, 7) is 0.668. The minimum absolute atomic E-state index is 0.287. The van der Waals surface area contributed by atoms with Gasteiger partial charge in [0, 0.05) is 0 Å². The van der Waals surface area contributed by atoms with Crippen LogP contribution in [0, 0.1) is 5.92 Å². The van der Waals surface area contributed by atoms with Crippen LogP contribution in [0.4, 0.5) is 0 Å². The van der Waals surface area contributed by atoms with Gasteiger partial charge in [0.25, 0.3) is 0 Å². The highest BCUT2D eigenvalue weighted by molar-refractivity contribution is 4.73. The van der Waals surface area contributed by atoms with Gasteiger partial charge < -0.3 is 4.74 Å². The summed E-state index contributed by atoms with van der Waals surface area (Å²) in [5.41, 5.74) is 6.15. The van der Waals surface area contributed by atoms with Crippen LogP contribution in [0.25, 0.3) is 0 Å². The highest BCUT2D eigenvalue weighted by atomic mass is 16.5. The monoisotopic (exact) mass is 156 g/mol. The van der Waals surface area contributed by atoms with Gasteiger partial charge in [-0.15, -0.1) is 0 Å². The van der Waals surface area contributed by atoms with Crippen LogP contribution in [0.1, 0.15) is 32.1 Å². The first-order valence-corrected chi connectivity index (χ1v) is 4.57. The zero-order valence-corrected chi connectivity index (χ0v) is 6.81. The normalized spacial score (nSPS) is 34.4. The molecule has 0 aromatic carbocycles. The van der Waals surface area contributed by atoms with Crippen LogP contribution >= 0.6 is 0 Å². The van der Waals surface area contributed by atoms with Gasteiger partial charge in [-0.1, -0.05) is 19.3 Å². The van der Waals surface area contributed by atoms with E-state index in [0.29, 0.717) is 6.73 Å². The largest absolute Gasteiger partial charge is 0.345 e. The molecule has 1 unspecified atom stereocenters. The Bertz CT molecular complexity index is 117. The second kappa shape index (κ2) is 3.52. The van der Waals surface area contributed by atoms with E-state index in [1.54, 1.807) is 0 Å². The molecule has 2 fully saturated rings. The van der Waals surface area contributed by atoms with Crippen molar-refractivity contribution in [1.82, 2.24) is 10.9 Å². The van der Waals surface area contributed by atoms with Crippen molar-refractivity contribution in [3.63, 3.8) is 0 Å².